The van der Waals surface area contributed by atoms with Gasteiger partial charge in [0.05, 0.1) is 17.7 Å². The van der Waals surface area contributed by atoms with Gasteiger partial charge >= 0.3 is 0 Å². The van der Waals surface area contributed by atoms with E-state index in [1.165, 1.54) is 11.3 Å². The third-order valence-electron chi connectivity index (χ3n) is 5.28. The normalized spacial score (nSPS) is 23.5. The van der Waals surface area contributed by atoms with Crippen LogP contribution in [-0.4, -0.2) is 53.5 Å². The minimum Gasteiger partial charge on any atom is -0.379 e. The number of amides is 2. The molecule has 3 heterocycles. The fraction of sp³-hybridized carbons (Fsp3) is 0.400. The van der Waals surface area contributed by atoms with Gasteiger partial charge in [0.25, 0.3) is 5.91 Å². The van der Waals surface area contributed by atoms with Crippen molar-refractivity contribution in [2.45, 2.75) is 24.9 Å². The van der Waals surface area contributed by atoms with Crippen molar-refractivity contribution in [3.8, 4) is 0 Å². The van der Waals surface area contributed by atoms with Gasteiger partial charge in [-0.15, -0.1) is 0 Å². The number of rotatable bonds is 3. The van der Waals surface area contributed by atoms with E-state index < -0.39 is 5.54 Å². The van der Waals surface area contributed by atoms with Gasteiger partial charge in [0.2, 0.25) is 5.91 Å². The summed E-state index contributed by atoms with van der Waals surface area (Å²) in [6.07, 6.45) is 1.11. The molecule has 0 aliphatic carbocycles. The summed E-state index contributed by atoms with van der Waals surface area (Å²) in [5.74, 6) is 0.104. The van der Waals surface area contributed by atoms with Crippen LogP contribution in [0.25, 0.3) is 0 Å². The van der Waals surface area contributed by atoms with Crippen molar-refractivity contribution in [3.05, 3.63) is 58.3 Å². The average Bonchev–Trinajstić information content (AvgIpc) is 3.33. The lowest BCUT2D eigenvalue weighted by Gasteiger charge is -2.40. The van der Waals surface area contributed by atoms with Gasteiger partial charge in [0.1, 0.15) is 0 Å². The number of hydrogen-bond acceptors (Lipinski definition) is 4. The van der Waals surface area contributed by atoms with Crippen molar-refractivity contribution < 1.29 is 14.3 Å². The highest BCUT2D eigenvalue weighted by atomic mass is 32.1. The van der Waals surface area contributed by atoms with Gasteiger partial charge in [-0.1, -0.05) is 30.3 Å². The van der Waals surface area contributed by atoms with Crippen molar-refractivity contribution in [1.82, 2.24) is 9.80 Å². The predicted molar refractivity (Wildman–Crippen MR) is 100.0 cm³/mol. The summed E-state index contributed by atoms with van der Waals surface area (Å²) >= 11 is 1.51. The zero-order valence-corrected chi connectivity index (χ0v) is 15.4. The average molecular weight is 370 g/mol. The zero-order valence-electron chi connectivity index (χ0n) is 14.6. The Morgan fingerprint density at radius 3 is 2.77 bits per heavy atom. The maximum Gasteiger partial charge on any atom is 0.254 e. The first-order valence-corrected chi connectivity index (χ1v) is 9.86. The lowest BCUT2D eigenvalue weighted by molar-refractivity contribution is -0.137. The molecule has 1 spiro atoms. The summed E-state index contributed by atoms with van der Waals surface area (Å²) in [4.78, 5) is 29.6. The molecule has 0 bridgehead atoms. The number of nitrogens with zero attached hydrogens (tertiary/aromatic N) is 2. The molecule has 4 rings (SSSR count). The quantitative estimate of drug-likeness (QED) is 0.835. The number of carbonyl (C=O) groups is 2. The van der Waals surface area contributed by atoms with E-state index in [4.69, 9.17) is 4.74 Å². The molecule has 26 heavy (non-hydrogen) atoms. The van der Waals surface area contributed by atoms with Crippen molar-refractivity contribution in [2.24, 2.45) is 0 Å². The topological polar surface area (TPSA) is 49.9 Å². The van der Waals surface area contributed by atoms with Crippen LogP contribution in [0.4, 0.5) is 0 Å². The maximum atomic E-state index is 13.0. The lowest BCUT2D eigenvalue weighted by Crippen LogP contribution is -2.56. The molecular formula is C20H22N2O3S. The summed E-state index contributed by atoms with van der Waals surface area (Å²) in [5.41, 5.74) is 1.37. The fourth-order valence-corrected chi connectivity index (χ4v) is 4.48. The van der Waals surface area contributed by atoms with Gasteiger partial charge in [-0.05, 0) is 23.4 Å². The molecule has 2 aliphatic rings. The molecule has 1 aromatic heterocycles. The molecule has 0 saturated carbocycles. The summed E-state index contributed by atoms with van der Waals surface area (Å²) in [6.45, 7) is 2.66. The smallest absolute Gasteiger partial charge is 0.254 e. The molecule has 2 saturated heterocycles. The fourth-order valence-electron chi connectivity index (χ4n) is 3.85. The largest absolute Gasteiger partial charge is 0.379 e. The van der Waals surface area contributed by atoms with Crippen LogP contribution in [0.2, 0.25) is 0 Å². The Kier molecular flexibility index (Phi) is 4.78. The zero-order chi connectivity index (χ0) is 18.0. The molecule has 0 radical (unpaired) electrons. The van der Waals surface area contributed by atoms with E-state index in [1.54, 1.807) is 0 Å². The monoisotopic (exact) mass is 370 g/mol. The van der Waals surface area contributed by atoms with Gasteiger partial charge in [-0.3, -0.25) is 9.59 Å². The number of benzene rings is 1. The van der Waals surface area contributed by atoms with Crippen LogP contribution >= 0.6 is 11.3 Å². The van der Waals surface area contributed by atoms with E-state index in [0.29, 0.717) is 44.8 Å². The summed E-state index contributed by atoms with van der Waals surface area (Å²) in [5, 5.41) is 3.78. The third-order valence-corrected chi connectivity index (χ3v) is 5.96. The molecule has 1 atom stereocenters. The van der Waals surface area contributed by atoms with Gasteiger partial charge in [0, 0.05) is 38.0 Å². The summed E-state index contributed by atoms with van der Waals surface area (Å²) in [6, 6.07) is 11.9. The molecule has 5 nitrogen and oxygen atoms in total. The van der Waals surface area contributed by atoms with Gasteiger partial charge in [-0.2, -0.15) is 11.3 Å². The third kappa shape index (κ3) is 3.27. The Morgan fingerprint density at radius 1 is 1.23 bits per heavy atom. The van der Waals surface area contributed by atoms with Crippen molar-refractivity contribution in [3.63, 3.8) is 0 Å². The molecule has 1 unspecified atom stereocenters. The van der Waals surface area contributed by atoms with E-state index in [2.05, 4.69) is 0 Å². The molecular weight excluding hydrogens is 348 g/mol. The van der Waals surface area contributed by atoms with Crippen molar-refractivity contribution in [1.29, 1.82) is 0 Å². The van der Waals surface area contributed by atoms with E-state index in [-0.39, 0.29) is 11.8 Å². The molecule has 6 heteroatoms. The highest BCUT2D eigenvalue weighted by Crippen LogP contribution is 2.32. The second kappa shape index (κ2) is 7.21. The number of hydrogen-bond donors (Lipinski definition) is 0. The second-order valence-corrected chi connectivity index (χ2v) is 7.76. The Hall–Kier alpha value is -2.18. The first kappa shape index (κ1) is 17.2. The SMILES string of the molecule is O=C(c1ccsc1)N1CCC(=O)N(Cc2ccccc2)C2(CCOC2)C1. The molecule has 136 valence electrons. The van der Waals surface area contributed by atoms with Crippen LogP contribution in [0, 0.1) is 0 Å². The Labute approximate surface area is 157 Å². The van der Waals surface area contributed by atoms with Crippen LogP contribution in [0.5, 0.6) is 0 Å². The van der Waals surface area contributed by atoms with Crippen molar-refractivity contribution in [2.75, 3.05) is 26.3 Å². The molecule has 2 aromatic rings. The first-order chi connectivity index (χ1) is 12.7. The standard InChI is InChI=1S/C20H22N2O3S/c23-18-6-9-21(19(24)17-7-11-26-13-17)14-20(8-10-25-15-20)22(18)12-16-4-2-1-3-5-16/h1-5,7,11,13H,6,8-10,12,14-15H2. The van der Waals surface area contributed by atoms with Crippen LogP contribution in [0.3, 0.4) is 0 Å². The molecule has 2 amide bonds. The van der Waals surface area contributed by atoms with Gasteiger partial charge in [-0.25, -0.2) is 0 Å². The van der Waals surface area contributed by atoms with E-state index >= 15 is 0 Å². The highest BCUT2D eigenvalue weighted by Gasteiger charge is 2.47. The van der Waals surface area contributed by atoms with Crippen molar-refractivity contribution >= 4 is 23.2 Å². The second-order valence-electron chi connectivity index (χ2n) is 6.98. The Balaban J connectivity index is 1.62. The van der Waals surface area contributed by atoms with Crippen LogP contribution in [-0.2, 0) is 16.1 Å². The Morgan fingerprint density at radius 2 is 2.08 bits per heavy atom. The molecule has 1 aromatic carbocycles. The lowest BCUT2D eigenvalue weighted by atomic mass is 9.94. The van der Waals surface area contributed by atoms with Crippen LogP contribution < -0.4 is 0 Å². The minimum atomic E-state index is -0.435. The predicted octanol–water partition coefficient (Wildman–Crippen LogP) is 2.78. The van der Waals surface area contributed by atoms with Gasteiger partial charge in [0.15, 0.2) is 0 Å². The molecule has 2 aliphatic heterocycles. The number of ether oxygens (including phenoxy) is 1. The van der Waals surface area contributed by atoms with Crippen LogP contribution in [0.15, 0.2) is 47.2 Å². The van der Waals surface area contributed by atoms with Crippen LogP contribution in [0.1, 0.15) is 28.8 Å². The van der Waals surface area contributed by atoms with E-state index in [1.807, 2.05) is 57.0 Å². The number of carbonyl (C=O) groups excluding carboxylic acids is 2. The molecule has 0 N–H and O–H groups in total. The molecule has 2 fully saturated rings. The van der Waals surface area contributed by atoms with Gasteiger partial charge < -0.3 is 14.5 Å². The summed E-state index contributed by atoms with van der Waals surface area (Å²) < 4.78 is 5.70. The maximum absolute atomic E-state index is 13.0. The summed E-state index contributed by atoms with van der Waals surface area (Å²) in [7, 11) is 0. The van der Waals surface area contributed by atoms with E-state index in [9.17, 15) is 9.59 Å². The Bertz CT molecular complexity index is 770. The number of thiophene rings is 1. The first-order valence-electron chi connectivity index (χ1n) is 8.92. The minimum absolute atomic E-state index is 0.00638. The van der Waals surface area contributed by atoms with E-state index in [0.717, 1.165) is 12.0 Å². The highest BCUT2D eigenvalue weighted by molar-refractivity contribution is 7.08.